The number of likely N-dealkylation sites (tertiary alicyclic amines) is 1. The summed E-state index contributed by atoms with van der Waals surface area (Å²) in [6.45, 7) is 9.12. The number of pyridine rings is 1. The molecule has 252 valence electrons. The van der Waals surface area contributed by atoms with Gasteiger partial charge in [0.25, 0.3) is 0 Å². The first-order chi connectivity index (χ1) is 20.1. The molecule has 1 aromatic heterocycles. The van der Waals surface area contributed by atoms with Gasteiger partial charge in [0.05, 0.1) is 31.1 Å². The molecule has 20 heteroatoms. The van der Waals surface area contributed by atoms with Crippen molar-refractivity contribution in [2.75, 3.05) is 52.5 Å². The minimum absolute atomic E-state index is 0.135. The Balaban J connectivity index is 0.000000379. The van der Waals surface area contributed by atoms with Gasteiger partial charge in [0.15, 0.2) is 0 Å². The maximum absolute atomic E-state index is 10.6. The number of hydrogen-bond donors (Lipinski definition) is 3. The fourth-order valence-electron chi connectivity index (χ4n) is 4.06. The van der Waals surface area contributed by atoms with E-state index in [0.717, 1.165) is 58.2 Å². The summed E-state index contributed by atoms with van der Waals surface area (Å²) in [5.41, 5.74) is 1.29. The van der Waals surface area contributed by atoms with Crippen LogP contribution in [0.15, 0.2) is 24.4 Å². The summed E-state index contributed by atoms with van der Waals surface area (Å²) in [4.78, 5) is 36.1. The second kappa shape index (κ2) is 16.7. The number of aliphatic carboxylic acids is 3. The Labute approximate surface area is 244 Å². The van der Waals surface area contributed by atoms with Crippen molar-refractivity contribution in [2.45, 2.75) is 43.5 Å². The van der Waals surface area contributed by atoms with E-state index in [-0.39, 0.29) is 5.60 Å². The Kier molecular flexibility index (Phi) is 14.8. The van der Waals surface area contributed by atoms with Crippen LogP contribution in [0.25, 0.3) is 0 Å². The third-order valence-electron chi connectivity index (χ3n) is 6.12. The summed E-state index contributed by atoms with van der Waals surface area (Å²) in [5, 5.41) is 21.4. The standard InChI is InChI=1S/C18H27N3O2.3C2HF3O2/c1-2-6-19-17(3-1)12-21-14-18(15-21)5-4-16(13-23-18)11-20-7-9-22-10-8-20;3*3-2(4,5)1(6)7/h1-3,6,16H,4-5,7-15H2;3*(H,6,7). The van der Waals surface area contributed by atoms with Crippen LogP contribution in [-0.4, -0.2) is 125 Å². The number of carboxylic acid groups (broad SMARTS) is 3. The SMILES string of the molecule is O=C(O)C(F)(F)F.O=C(O)C(F)(F)F.O=C(O)C(F)(F)F.c1ccc(CN2CC3(CCC(CN4CCOCC4)CO3)C2)nc1. The predicted molar refractivity (Wildman–Crippen MR) is 129 cm³/mol. The molecule has 1 spiro atoms. The Morgan fingerprint density at radius 1 is 0.841 bits per heavy atom. The monoisotopic (exact) mass is 659 g/mol. The van der Waals surface area contributed by atoms with Crippen LogP contribution < -0.4 is 0 Å². The first-order valence-electron chi connectivity index (χ1n) is 12.6. The Morgan fingerprint density at radius 2 is 1.32 bits per heavy atom. The quantitative estimate of drug-likeness (QED) is 0.409. The lowest BCUT2D eigenvalue weighted by molar-refractivity contribution is -0.193. The van der Waals surface area contributed by atoms with Crippen LogP contribution >= 0.6 is 0 Å². The van der Waals surface area contributed by atoms with Gasteiger partial charge in [-0.1, -0.05) is 6.07 Å². The summed E-state index contributed by atoms with van der Waals surface area (Å²) in [5.74, 6) is -7.57. The minimum Gasteiger partial charge on any atom is -0.475 e. The number of ether oxygens (including phenoxy) is 2. The zero-order chi connectivity index (χ0) is 33.8. The summed E-state index contributed by atoms with van der Waals surface area (Å²) in [6, 6.07) is 6.14. The fourth-order valence-corrected chi connectivity index (χ4v) is 4.06. The highest BCUT2D eigenvalue weighted by atomic mass is 19.4. The number of nitrogens with zero attached hydrogens (tertiary/aromatic N) is 3. The van der Waals surface area contributed by atoms with Gasteiger partial charge in [-0.05, 0) is 30.9 Å². The molecule has 11 nitrogen and oxygen atoms in total. The van der Waals surface area contributed by atoms with Gasteiger partial charge < -0.3 is 24.8 Å². The normalized spacial score (nSPS) is 20.3. The summed E-state index contributed by atoms with van der Waals surface area (Å²) in [7, 11) is 0. The van der Waals surface area contributed by atoms with Crippen molar-refractivity contribution >= 4 is 17.9 Å². The lowest BCUT2D eigenvalue weighted by Gasteiger charge is -2.53. The number of carboxylic acids is 3. The lowest BCUT2D eigenvalue weighted by Crippen LogP contribution is -2.64. The summed E-state index contributed by atoms with van der Waals surface area (Å²) < 4.78 is 107. The van der Waals surface area contributed by atoms with E-state index in [1.54, 1.807) is 0 Å². The molecule has 3 aliphatic rings. The van der Waals surface area contributed by atoms with E-state index < -0.39 is 36.4 Å². The first kappa shape index (κ1) is 38.8. The second-order valence-electron chi connectivity index (χ2n) is 9.69. The average Bonchev–Trinajstić information content (AvgIpc) is 2.89. The molecular weight excluding hydrogens is 629 g/mol. The van der Waals surface area contributed by atoms with Crippen LogP contribution in [0, 0.1) is 5.92 Å². The topological polar surface area (TPSA) is 150 Å². The molecule has 1 unspecified atom stereocenters. The highest BCUT2D eigenvalue weighted by Crippen LogP contribution is 2.36. The zero-order valence-corrected chi connectivity index (χ0v) is 22.8. The third kappa shape index (κ3) is 15.0. The predicted octanol–water partition coefficient (Wildman–Crippen LogP) is 3.29. The Bertz CT molecular complexity index is 977. The summed E-state index contributed by atoms with van der Waals surface area (Å²) >= 11 is 0. The van der Waals surface area contributed by atoms with Crippen LogP contribution in [-0.2, 0) is 30.4 Å². The number of carbonyl (C=O) groups is 3. The highest BCUT2D eigenvalue weighted by Gasteiger charge is 2.46. The molecule has 1 atom stereocenters. The van der Waals surface area contributed by atoms with Crippen LogP contribution in [0.1, 0.15) is 18.5 Å². The van der Waals surface area contributed by atoms with Gasteiger partial charge >= 0.3 is 36.4 Å². The van der Waals surface area contributed by atoms with Gasteiger partial charge in [-0.25, -0.2) is 14.4 Å². The van der Waals surface area contributed by atoms with Crippen molar-refractivity contribution in [1.29, 1.82) is 0 Å². The van der Waals surface area contributed by atoms with Gasteiger partial charge in [0, 0.05) is 45.5 Å². The van der Waals surface area contributed by atoms with Crippen LogP contribution in [0.4, 0.5) is 39.5 Å². The molecule has 0 saturated carbocycles. The van der Waals surface area contributed by atoms with Crippen molar-refractivity contribution in [1.82, 2.24) is 14.8 Å². The number of halogens is 9. The zero-order valence-electron chi connectivity index (χ0n) is 22.8. The molecule has 4 rings (SSSR count). The molecule has 0 aliphatic carbocycles. The second-order valence-corrected chi connectivity index (χ2v) is 9.69. The van der Waals surface area contributed by atoms with E-state index in [0.29, 0.717) is 5.92 Å². The fraction of sp³-hybridized carbons (Fsp3) is 0.667. The van der Waals surface area contributed by atoms with Crippen molar-refractivity contribution in [3.8, 4) is 0 Å². The maximum Gasteiger partial charge on any atom is 0.490 e. The molecule has 44 heavy (non-hydrogen) atoms. The summed E-state index contributed by atoms with van der Waals surface area (Å²) in [6.07, 6.45) is -10.9. The Hall–Kier alpha value is -3.23. The van der Waals surface area contributed by atoms with Gasteiger partial charge in [-0.3, -0.25) is 14.8 Å². The largest absolute Gasteiger partial charge is 0.490 e. The molecule has 3 aliphatic heterocycles. The minimum atomic E-state index is -5.08. The van der Waals surface area contributed by atoms with E-state index in [1.165, 1.54) is 19.4 Å². The molecule has 4 heterocycles. The number of morpholine rings is 1. The molecule has 0 amide bonds. The molecule has 3 fully saturated rings. The van der Waals surface area contributed by atoms with Crippen molar-refractivity contribution in [2.24, 2.45) is 5.92 Å². The highest BCUT2D eigenvalue weighted by molar-refractivity contribution is 5.73. The maximum atomic E-state index is 10.6. The molecular formula is C24H30F9N3O8. The van der Waals surface area contributed by atoms with Gasteiger partial charge in [0.2, 0.25) is 0 Å². The smallest absolute Gasteiger partial charge is 0.475 e. The van der Waals surface area contributed by atoms with E-state index in [9.17, 15) is 39.5 Å². The van der Waals surface area contributed by atoms with Crippen LogP contribution in [0.2, 0.25) is 0 Å². The molecule has 0 aromatic carbocycles. The molecule has 3 saturated heterocycles. The Morgan fingerprint density at radius 3 is 1.68 bits per heavy atom. The van der Waals surface area contributed by atoms with Gasteiger partial charge in [-0.15, -0.1) is 0 Å². The molecule has 0 radical (unpaired) electrons. The van der Waals surface area contributed by atoms with E-state index in [1.807, 2.05) is 12.3 Å². The molecule has 0 bridgehead atoms. The van der Waals surface area contributed by atoms with Crippen molar-refractivity contribution in [3.63, 3.8) is 0 Å². The third-order valence-corrected chi connectivity index (χ3v) is 6.12. The van der Waals surface area contributed by atoms with Crippen molar-refractivity contribution in [3.05, 3.63) is 30.1 Å². The first-order valence-corrected chi connectivity index (χ1v) is 12.6. The molecule has 3 N–H and O–H groups in total. The van der Waals surface area contributed by atoms with E-state index >= 15 is 0 Å². The van der Waals surface area contributed by atoms with Gasteiger partial charge in [-0.2, -0.15) is 39.5 Å². The van der Waals surface area contributed by atoms with Crippen LogP contribution in [0.3, 0.4) is 0 Å². The average molecular weight is 659 g/mol. The number of aromatic nitrogens is 1. The number of rotatable bonds is 4. The molecule has 1 aromatic rings. The van der Waals surface area contributed by atoms with Gasteiger partial charge in [0.1, 0.15) is 0 Å². The van der Waals surface area contributed by atoms with Crippen molar-refractivity contribution < 1.29 is 78.7 Å². The van der Waals surface area contributed by atoms with E-state index in [4.69, 9.17) is 39.2 Å². The van der Waals surface area contributed by atoms with Crippen LogP contribution in [0.5, 0.6) is 0 Å². The lowest BCUT2D eigenvalue weighted by atomic mass is 9.82. The number of hydrogen-bond acceptors (Lipinski definition) is 8. The van der Waals surface area contributed by atoms with E-state index in [2.05, 4.69) is 26.9 Å². The number of alkyl halides is 9.